The van der Waals surface area contributed by atoms with Crippen LogP contribution in [0.4, 0.5) is 0 Å². The van der Waals surface area contributed by atoms with E-state index >= 15 is 0 Å². The first-order valence-corrected chi connectivity index (χ1v) is 8.69. The summed E-state index contributed by atoms with van der Waals surface area (Å²) in [5, 5.41) is 4.69. The fourth-order valence-electron chi connectivity index (χ4n) is 3.16. The number of hydrogen-bond acceptors (Lipinski definition) is 3. The van der Waals surface area contributed by atoms with Crippen molar-refractivity contribution in [2.75, 3.05) is 20.2 Å². The Labute approximate surface area is 147 Å². The zero-order valence-corrected chi connectivity index (χ0v) is 14.9. The Bertz CT molecular complexity index is 796. The quantitative estimate of drug-likeness (QED) is 0.833. The summed E-state index contributed by atoms with van der Waals surface area (Å²) in [5.74, 6) is 0. The lowest BCUT2D eigenvalue weighted by molar-refractivity contribution is 0.0898. The van der Waals surface area contributed by atoms with E-state index in [1.165, 1.54) is 0 Å². The number of aryl methyl sites for hydroxylation is 1. The number of hydrogen-bond donors (Lipinski definition) is 2. The molecule has 1 aromatic heterocycles. The highest BCUT2D eigenvalue weighted by Gasteiger charge is 2.21. The Balaban J connectivity index is 1.88. The van der Waals surface area contributed by atoms with E-state index < -0.39 is 0 Å². The number of aromatic nitrogens is 1. The number of thiocarbonyl (C=S) groups is 1. The van der Waals surface area contributed by atoms with Gasteiger partial charge in [-0.25, -0.2) is 0 Å². The van der Waals surface area contributed by atoms with Crippen LogP contribution in [0.3, 0.4) is 0 Å². The van der Waals surface area contributed by atoms with Gasteiger partial charge in [0.05, 0.1) is 18.2 Å². The van der Waals surface area contributed by atoms with Crippen LogP contribution in [0.5, 0.6) is 0 Å². The van der Waals surface area contributed by atoms with E-state index in [1.807, 2.05) is 36.1 Å². The van der Waals surface area contributed by atoms with Crippen molar-refractivity contribution >= 4 is 28.2 Å². The molecule has 1 fully saturated rings. The van der Waals surface area contributed by atoms with Gasteiger partial charge < -0.3 is 19.9 Å². The second kappa shape index (κ2) is 7.32. The van der Waals surface area contributed by atoms with Crippen molar-refractivity contribution in [2.45, 2.75) is 32.4 Å². The molecule has 0 bridgehead atoms. The van der Waals surface area contributed by atoms with Crippen LogP contribution < -0.4 is 10.9 Å². The first kappa shape index (κ1) is 16.9. The van der Waals surface area contributed by atoms with Crippen molar-refractivity contribution in [3.05, 3.63) is 45.7 Å². The largest absolute Gasteiger partial charge is 0.376 e. The van der Waals surface area contributed by atoms with Gasteiger partial charge in [0.2, 0.25) is 0 Å². The third-order valence-corrected chi connectivity index (χ3v) is 4.94. The molecule has 0 unspecified atom stereocenters. The summed E-state index contributed by atoms with van der Waals surface area (Å²) >= 11 is 5.42. The molecule has 1 aliphatic heterocycles. The molecule has 1 saturated heterocycles. The van der Waals surface area contributed by atoms with Crippen molar-refractivity contribution in [3.8, 4) is 0 Å². The third-order valence-electron chi connectivity index (χ3n) is 4.48. The van der Waals surface area contributed by atoms with Gasteiger partial charge in [-0.2, -0.15) is 0 Å². The first-order valence-electron chi connectivity index (χ1n) is 8.28. The number of benzene rings is 1. The highest BCUT2D eigenvalue weighted by atomic mass is 32.1. The Kier molecular flexibility index (Phi) is 5.16. The number of nitrogens with one attached hydrogen (secondary N) is 2. The van der Waals surface area contributed by atoms with Crippen LogP contribution in [-0.2, 0) is 11.3 Å². The number of nitrogens with zero attached hydrogens (tertiary/aromatic N) is 1. The van der Waals surface area contributed by atoms with E-state index in [0.29, 0.717) is 23.8 Å². The SMILES string of the molecule is CNC(=S)N(Cc1cc2cccc(C)c2[nH]c1=O)C[C@H]1CCCO1. The summed E-state index contributed by atoms with van der Waals surface area (Å²) in [7, 11) is 1.80. The van der Waals surface area contributed by atoms with Crippen LogP contribution in [0.25, 0.3) is 10.9 Å². The predicted molar refractivity (Wildman–Crippen MR) is 100 cm³/mol. The van der Waals surface area contributed by atoms with Gasteiger partial charge >= 0.3 is 0 Å². The molecule has 0 aliphatic carbocycles. The first-order chi connectivity index (χ1) is 11.6. The normalized spacial score (nSPS) is 17.2. The minimum atomic E-state index is -0.0620. The number of pyridine rings is 1. The van der Waals surface area contributed by atoms with Gasteiger partial charge in [0.1, 0.15) is 0 Å². The second-order valence-electron chi connectivity index (χ2n) is 6.23. The minimum absolute atomic E-state index is 0.0620. The smallest absolute Gasteiger partial charge is 0.253 e. The molecule has 0 radical (unpaired) electrons. The van der Waals surface area contributed by atoms with Crippen molar-refractivity contribution < 1.29 is 4.74 Å². The topological polar surface area (TPSA) is 57.4 Å². The van der Waals surface area contributed by atoms with Gasteiger partial charge in [-0.3, -0.25) is 4.79 Å². The molecule has 3 rings (SSSR count). The lowest BCUT2D eigenvalue weighted by atomic mass is 10.1. The lowest BCUT2D eigenvalue weighted by Gasteiger charge is -2.27. The Morgan fingerprint density at radius 1 is 1.50 bits per heavy atom. The zero-order valence-electron chi connectivity index (χ0n) is 14.1. The Morgan fingerprint density at radius 2 is 2.33 bits per heavy atom. The molecule has 24 heavy (non-hydrogen) atoms. The molecular weight excluding hydrogens is 322 g/mol. The van der Waals surface area contributed by atoms with Gasteiger partial charge in [-0.05, 0) is 49.0 Å². The summed E-state index contributed by atoms with van der Waals surface area (Å²) < 4.78 is 5.72. The van der Waals surface area contributed by atoms with Crippen LogP contribution in [0.2, 0.25) is 0 Å². The molecule has 5 nitrogen and oxygen atoms in total. The molecule has 1 aromatic carbocycles. The number of aromatic amines is 1. The molecular formula is C18H23N3O2S. The average molecular weight is 345 g/mol. The molecule has 6 heteroatoms. The van der Waals surface area contributed by atoms with Crippen LogP contribution in [0.15, 0.2) is 29.1 Å². The summed E-state index contributed by atoms with van der Waals surface area (Å²) in [6.45, 7) is 3.97. The van der Waals surface area contributed by atoms with Crippen LogP contribution in [-0.4, -0.2) is 41.3 Å². The number of fused-ring (bicyclic) bond motifs is 1. The zero-order chi connectivity index (χ0) is 17.1. The lowest BCUT2D eigenvalue weighted by Crippen LogP contribution is -2.42. The summed E-state index contributed by atoms with van der Waals surface area (Å²) in [4.78, 5) is 17.5. The van der Waals surface area contributed by atoms with E-state index in [-0.39, 0.29) is 11.7 Å². The molecule has 0 saturated carbocycles. The number of rotatable bonds is 4. The van der Waals surface area contributed by atoms with Crippen molar-refractivity contribution in [1.29, 1.82) is 0 Å². The summed E-state index contributed by atoms with van der Waals surface area (Å²) in [5.41, 5.74) is 2.61. The molecule has 1 aliphatic rings. The molecule has 2 N–H and O–H groups in total. The van der Waals surface area contributed by atoms with E-state index in [2.05, 4.69) is 10.3 Å². The highest BCUT2D eigenvalue weighted by molar-refractivity contribution is 7.80. The number of para-hydroxylation sites is 1. The van der Waals surface area contributed by atoms with Gasteiger partial charge in [0, 0.05) is 25.8 Å². The third kappa shape index (κ3) is 3.60. The maximum Gasteiger partial charge on any atom is 0.253 e. The standard InChI is InChI=1S/C18H23N3O2S/c1-12-5-3-6-13-9-14(17(22)20-16(12)13)10-21(18(24)19-2)11-15-7-4-8-23-15/h3,5-6,9,15H,4,7-8,10-11H2,1-2H3,(H,19,24)(H,20,22)/t15-/m1/s1. The Hall–Kier alpha value is -1.92. The summed E-state index contributed by atoms with van der Waals surface area (Å²) in [6, 6.07) is 7.98. The average Bonchev–Trinajstić information content (AvgIpc) is 3.08. The number of ether oxygens (including phenoxy) is 1. The van der Waals surface area contributed by atoms with Crippen LogP contribution in [0, 0.1) is 6.92 Å². The van der Waals surface area contributed by atoms with Crippen molar-refractivity contribution in [3.63, 3.8) is 0 Å². The van der Waals surface area contributed by atoms with Crippen molar-refractivity contribution in [1.82, 2.24) is 15.2 Å². The van der Waals surface area contributed by atoms with Crippen molar-refractivity contribution in [2.24, 2.45) is 0 Å². The molecule has 0 spiro atoms. The number of H-pyrrole nitrogens is 1. The molecule has 2 heterocycles. The van der Waals surface area contributed by atoms with Crippen LogP contribution in [0.1, 0.15) is 24.0 Å². The monoisotopic (exact) mass is 345 g/mol. The van der Waals surface area contributed by atoms with Gasteiger partial charge in [-0.15, -0.1) is 0 Å². The summed E-state index contributed by atoms with van der Waals surface area (Å²) in [6.07, 6.45) is 2.30. The van der Waals surface area contributed by atoms with E-state index in [0.717, 1.165) is 35.9 Å². The maximum atomic E-state index is 12.5. The van der Waals surface area contributed by atoms with Gasteiger partial charge in [0.15, 0.2) is 5.11 Å². The van der Waals surface area contributed by atoms with Gasteiger partial charge in [0.25, 0.3) is 5.56 Å². The fourth-order valence-corrected chi connectivity index (χ4v) is 3.30. The molecule has 0 amide bonds. The fraction of sp³-hybridized carbons (Fsp3) is 0.444. The van der Waals surface area contributed by atoms with E-state index in [1.54, 1.807) is 7.05 Å². The Morgan fingerprint density at radius 3 is 3.04 bits per heavy atom. The maximum absolute atomic E-state index is 12.5. The minimum Gasteiger partial charge on any atom is -0.376 e. The second-order valence-corrected chi connectivity index (χ2v) is 6.62. The van der Waals surface area contributed by atoms with E-state index in [4.69, 9.17) is 17.0 Å². The highest BCUT2D eigenvalue weighted by Crippen LogP contribution is 2.17. The van der Waals surface area contributed by atoms with Crippen LogP contribution >= 0.6 is 12.2 Å². The molecule has 1 atom stereocenters. The van der Waals surface area contributed by atoms with E-state index in [9.17, 15) is 4.79 Å². The molecule has 128 valence electrons. The molecule has 2 aromatic rings. The predicted octanol–water partition coefficient (Wildman–Crippen LogP) is 2.32. The van der Waals surface area contributed by atoms with Gasteiger partial charge in [-0.1, -0.05) is 18.2 Å².